The number of piperazine rings is 1. The van der Waals surface area contributed by atoms with Crippen LogP contribution in [0.5, 0.6) is 5.75 Å². The van der Waals surface area contributed by atoms with E-state index in [1.54, 1.807) is 18.3 Å². The number of aldehydes is 1. The normalized spacial score (nSPS) is 13.6. The number of carbonyl (C=O) groups is 1. The van der Waals surface area contributed by atoms with Crippen molar-refractivity contribution in [3.8, 4) is 5.75 Å². The molecule has 2 aromatic carbocycles. The largest absolute Gasteiger partial charge is 0.493 e. The van der Waals surface area contributed by atoms with Crippen molar-refractivity contribution in [2.45, 2.75) is 6.54 Å². The Labute approximate surface area is 203 Å². The zero-order valence-electron chi connectivity index (χ0n) is 19.6. The SMILES string of the molecule is COc1cccn2c(=O)c(C=O)c(NCc3ccc(N4CCN(c5ccccc5)CC4)cc3)nc12. The van der Waals surface area contributed by atoms with Crippen LogP contribution in [0.15, 0.2) is 77.7 Å². The molecule has 5 rings (SSSR count). The van der Waals surface area contributed by atoms with Crippen LogP contribution in [0, 0.1) is 0 Å². The Morgan fingerprint density at radius 2 is 1.57 bits per heavy atom. The molecule has 0 saturated carbocycles. The second-order valence-corrected chi connectivity index (χ2v) is 8.40. The fourth-order valence-corrected chi connectivity index (χ4v) is 4.42. The predicted molar refractivity (Wildman–Crippen MR) is 138 cm³/mol. The predicted octanol–water partition coefficient (Wildman–Crippen LogP) is 3.45. The zero-order chi connectivity index (χ0) is 24.2. The van der Waals surface area contributed by atoms with Gasteiger partial charge < -0.3 is 19.9 Å². The van der Waals surface area contributed by atoms with Gasteiger partial charge in [0.05, 0.1) is 7.11 Å². The van der Waals surface area contributed by atoms with Crippen LogP contribution in [-0.2, 0) is 6.54 Å². The Kier molecular flexibility index (Phi) is 6.34. The third-order valence-corrected chi connectivity index (χ3v) is 6.35. The Morgan fingerprint density at radius 1 is 0.914 bits per heavy atom. The number of hydrogen-bond acceptors (Lipinski definition) is 7. The molecule has 178 valence electrons. The lowest BCUT2D eigenvalue weighted by molar-refractivity contribution is 0.112. The first-order valence-electron chi connectivity index (χ1n) is 11.6. The van der Waals surface area contributed by atoms with Crippen molar-refractivity contribution >= 4 is 29.1 Å². The number of nitrogens with zero attached hydrogens (tertiary/aromatic N) is 4. The number of para-hydroxylation sites is 1. The highest BCUT2D eigenvalue weighted by Crippen LogP contribution is 2.22. The van der Waals surface area contributed by atoms with E-state index in [2.05, 4.69) is 68.6 Å². The molecule has 1 fully saturated rings. The maximum atomic E-state index is 12.8. The van der Waals surface area contributed by atoms with Gasteiger partial charge in [0.15, 0.2) is 17.7 Å². The monoisotopic (exact) mass is 469 g/mol. The second-order valence-electron chi connectivity index (χ2n) is 8.40. The highest BCUT2D eigenvalue weighted by Gasteiger charge is 2.18. The van der Waals surface area contributed by atoms with Crippen molar-refractivity contribution in [3.63, 3.8) is 0 Å². The minimum Gasteiger partial charge on any atom is -0.493 e. The molecule has 0 amide bonds. The molecule has 2 aromatic heterocycles. The molecular formula is C27H27N5O3. The lowest BCUT2D eigenvalue weighted by Gasteiger charge is -2.37. The first-order valence-corrected chi connectivity index (χ1v) is 11.6. The van der Waals surface area contributed by atoms with Crippen molar-refractivity contribution in [2.75, 3.05) is 48.4 Å². The minimum atomic E-state index is -0.434. The van der Waals surface area contributed by atoms with E-state index >= 15 is 0 Å². The molecule has 1 aliphatic heterocycles. The minimum absolute atomic E-state index is 0.0105. The van der Waals surface area contributed by atoms with Gasteiger partial charge in [-0.2, -0.15) is 0 Å². The van der Waals surface area contributed by atoms with E-state index in [4.69, 9.17) is 4.74 Å². The first kappa shape index (κ1) is 22.5. The van der Waals surface area contributed by atoms with Crippen LogP contribution >= 0.6 is 0 Å². The van der Waals surface area contributed by atoms with E-state index in [0.29, 0.717) is 24.2 Å². The number of benzene rings is 2. The zero-order valence-corrected chi connectivity index (χ0v) is 19.6. The highest BCUT2D eigenvalue weighted by atomic mass is 16.5. The van der Waals surface area contributed by atoms with Gasteiger partial charge in [-0.25, -0.2) is 4.98 Å². The quantitative estimate of drug-likeness (QED) is 0.415. The summed E-state index contributed by atoms with van der Waals surface area (Å²) in [5, 5.41) is 3.16. The number of hydrogen-bond donors (Lipinski definition) is 1. The van der Waals surface area contributed by atoms with Crippen LogP contribution in [0.25, 0.3) is 5.65 Å². The van der Waals surface area contributed by atoms with Crippen LogP contribution in [0.1, 0.15) is 15.9 Å². The van der Waals surface area contributed by atoms with E-state index in [1.807, 2.05) is 6.07 Å². The average molecular weight is 470 g/mol. The number of rotatable bonds is 7. The molecule has 1 aliphatic rings. The van der Waals surface area contributed by atoms with E-state index in [9.17, 15) is 9.59 Å². The molecule has 0 atom stereocenters. The van der Waals surface area contributed by atoms with E-state index in [1.165, 1.54) is 22.9 Å². The van der Waals surface area contributed by atoms with Crippen LogP contribution < -0.4 is 25.4 Å². The topological polar surface area (TPSA) is 79.2 Å². The Hall–Kier alpha value is -4.33. The summed E-state index contributed by atoms with van der Waals surface area (Å²) in [5.74, 6) is 0.706. The summed E-state index contributed by atoms with van der Waals surface area (Å²) in [6.07, 6.45) is 2.12. The van der Waals surface area contributed by atoms with Gasteiger partial charge in [0, 0.05) is 50.3 Å². The third kappa shape index (κ3) is 4.55. The van der Waals surface area contributed by atoms with Gasteiger partial charge in [-0.05, 0) is 42.0 Å². The molecule has 0 radical (unpaired) electrons. The molecule has 8 nitrogen and oxygen atoms in total. The van der Waals surface area contributed by atoms with Crippen molar-refractivity contribution in [1.29, 1.82) is 0 Å². The van der Waals surface area contributed by atoms with Crippen molar-refractivity contribution in [1.82, 2.24) is 9.38 Å². The summed E-state index contributed by atoms with van der Waals surface area (Å²) in [7, 11) is 1.52. The molecule has 0 spiro atoms. The number of anilines is 3. The number of nitrogens with one attached hydrogen (secondary N) is 1. The van der Waals surface area contributed by atoms with Gasteiger partial charge in [-0.15, -0.1) is 0 Å². The third-order valence-electron chi connectivity index (χ3n) is 6.35. The highest BCUT2D eigenvalue weighted by molar-refractivity contribution is 5.83. The maximum absolute atomic E-state index is 12.8. The van der Waals surface area contributed by atoms with Gasteiger partial charge in [0.25, 0.3) is 5.56 Å². The Morgan fingerprint density at radius 3 is 2.20 bits per heavy atom. The first-order chi connectivity index (χ1) is 17.2. The van der Waals surface area contributed by atoms with Crippen LogP contribution in [0.2, 0.25) is 0 Å². The summed E-state index contributed by atoms with van der Waals surface area (Å²) in [4.78, 5) is 33.7. The Bertz CT molecular complexity index is 1380. The summed E-state index contributed by atoms with van der Waals surface area (Å²) in [6, 6.07) is 22.3. The fourth-order valence-electron chi connectivity index (χ4n) is 4.42. The van der Waals surface area contributed by atoms with Crippen LogP contribution in [-0.4, -0.2) is 49.0 Å². The molecule has 0 aliphatic carbocycles. The molecule has 4 aromatic rings. The molecule has 35 heavy (non-hydrogen) atoms. The maximum Gasteiger partial charge on any atom is 0.270 e. The van der Waals surface area contributed by atoms with Gasteiger partial charge in [0.1, 0.15) is 11.4 Å². The fraction of sp³-hybridized carbons (Fsp3) is 0.222. The van der Waals surface area contributed by atoms with E-state index < -0.39 is 5.56 Å². The van der Waals surface area contributed by atoms with Crippen LogP contribution in [0.3, 0.4) is 0 Å². The summed E-state index contributed by atoms with van der Waals surface area (Å²) < 4.78 is 6.65. The molecule has 1 N–H and O–H groups in total. The molecule has 0 unspecified atom stereocenters. The number of fused-ring (bicyclic) bond motifs is 1. The van der Waals surface area contributed by atoms with Crippen molar-refractivity contribution in [3.05, 3.63) is 94.4 Å². The number of aromatic nitrogens is 2. The van der Waals surface area contributed by atoms with Crippen molar-refractivity contribution < 1.29 is 9.53 Å². The smallest absolute Gasteiger partial charge is 0.270 e. The number of methoxy groups -OCH3 is 1. The van der Waals surface area contributed by atoms with Gasteiger partial charge >= 0.3 is 0 Å². The Balaban J connectivity index is 1.27. The van der Waals surface area contributed by atoms with E-state index in [-0.39, 0.29) is 11.4 Å². The molecule has 8 heteroatoms. The van der Waals surface area contributed by atoms with E-state index in [0.717, 1.165) is 31.7 Å². The average Bonchev–Trinajstić information content (AvgIpc) is 2.92. The lowest BCUT2D eigenvalue weighted by Crippen LogP contribution is -2.46. The van der Waals surface area contributed by atoms with Crippen LogP contribution in [0.4, 0.5) is 17.2 Å². The molecule has 1 saturated heterocycles. The van der Waals surface area contributed by atoms with Gasteiger partial charge in [-0.3, -0.25) is 14.0 Å². The molecule has 0 bridgehead atoms. The lowest BCUT2D eigenvalue weighted by atomic mass is 10.1. The molecular weight excluding hydrogens is 442 g/mol. The van der Waals surface area contributed by atoms with Crippen molar-refractivity contribution in [2.24, 2.45) is 0 Å². The summed E-state index contributed by atoms with van der Waals surface area (Å²) in [5.41, 5.74) is 3.39. The standard InChI is InChI=1S/C27H27N5O3/c1-35-24-8-5-13-32-26(24)29-25(23(19-33)27(32)34)28-18-20-9-11-22(12-10-20)31-16-14-30(15-17-31)21-6-3-2-4-7-21/h2-13,19,28H,14-18H2,1H3. The number of pyridine rings is 1. The van der Waals surface area contributed by atoms with Gasteiger partial charge in [-0.1, -0.05) is 30.3 Å². The summed E-state index contributed by atoms with van der Waals surface area (Å²) >= 11 is 0. The van der Waals surface area contributed by atoms with Gasteiger partial charge in [0.2, 0.25) is 0 Å². The second kappa shape index (κ2) is 9.89. The molecule has 3 heterocycles. The summed E-state index contributed by atoms with van der Waals surface area (Å²) in [6.45, 7) is 4.31. The number of ether oxygens (including phenoxy) is 1. The number of carbonyl (C=O) groups excluding carboxylic acids is 1.